The topological polar surface area (TPSA) is 63.7 Å². The molecule has 1 aliphatic rings. The van der Waals surface area contributed by atoms with Gasteiger partial charge in [0, 0.05) is 23.4 Å². The van der Waals surface area contributed by atoms with Gasteiger partial charge in [0.2, 0.25) is 0 Å². The van der Waals surface area contributed by atoms with Gasteiger partial charge in [-0.25, -0.2) is 4.98 Å². The van der Waals surface area contributed by atoms with Gasteiger partial charge in [-0.05, 0) is 30.3 Å². The summed E-state index contributed by atoms with van der Waals surface area (Å²) >= 11 is 5.97. The maximum Gasteiger partial charge on any atom is 0.261 e. The third-order valence-corrected chi connectivity index (χ3v) is 4.85. The Morgan fingerprint density at radius 2 is 1.89 bits per heavy atom. The summed E-state index contributed by atoms with van der Waals surface area (Å²) in [6.45, 7) is 0. The molecule has 0 saturated carbocycles. The second kappa shape index (κ2) is 7.40. The number of benzene rings is 2. The largest absolute Gasteiger partial charge is 0.497 e. The summed E-state index contributed by atoms with van der Waals surface area (Å²) in [6.07, 6.45) is 1.08. The summed E-state index contributed by atoms with van der Waals surface area (Å²) in [5.41, 5.74) is 2.23. The number of amides is 1. The average Bonchev–Trinajstić information content (AvgIpc) is 3.01. The Balaban J connectivity index is 1.78. The van der Waals surface area contributed by atoms with Crippen LogP contribution in [0.5, 0.6) is 11.5 Å². The molecule has 6 nitrogen and oxygen atoms in total. The van der Waals surface area contributed by atoms with Crippen molar-refractivity contribution in [1.29, 1.82) is 0 Å². The molecule has 142 valence electrons. The number of nitrogens with one attached hydrogen (secondary N) is 1. The summed E-state index contributed by atoms with van der Waals surface area (Å²) in [5.74, 6) is 1.67. The molecular formula is C21H18ClN3O3. The summed E-state index contributed by atoms with van der Waals surface area (Å²) in [4.78, 5) is 19.1. The number of carbonyl (C=O) groups excluding carboxylic acids is 1. The van der Waals surface area contributed by atoms with E-state index >= 15 is 0 Å². The van der Waals surface area contributed by atoms with Gasteiger partial charge in [-0.3, -0.25) is 9.69 Å². The minimum atomic E-state index is -0.445. The molecule has 2 heterocycles. The van der Waals surface area contributed by atoms with Crippen LogP contribution in [0.15, 0.2) is 60.8 Å². The fourth-order valence-electron chi connectivity index (χ4n) is 3.27. The number of rotatable bonds is 5. The first-order valence-corrected chi connectivity index (χ1v) is 9.03. The number of carbonyl (C=O) groups is 1. The molecule has 1 amide bonds. The van der Waals surface area contributed by atoms with E-state index in [-0.39, 0.29) is 5.91 Å². The highest BCUT2D eigenvalue weighted by atomic mass is 35.5. The molecule has 0 bridgehead atoms. The Morgan fingerprint density at radius 1 is 1.07 bits per heavy atom. The van der Waals surface area contributed by atoms with E-state index in [1.54, 1.807) is 37.3 Å². The smallest absolute Gasteiger partial charge is 0.261 e. The molecule has 28 heavy (non-hydrogen) atoms. The second-order valence-corrected chi connectivity index (χ2v) is 6.65. The van der Waals surface area contributed by atoms with Crippen LogP contribution in [-0.2, 0) is 0 Å². The standard InChI is InChI=1S/C21H18ClN3O3/c1-27-14-8-9-17(18(11-14)28-2)24-20-15-5-3-4-6-16(15)21(26)25(20)19-10-7-13(22)12-23-19/h3-12,20,24H,1-2H3. The van der Waals surface area contributed by atoms with Crippen LogP contribution in [0.1, 0.15) is 22.1 Å². The Bertz CT molecular complexity index is 1020. The van der Waals surface area contributed by atoms with Crippen molar-refractivity contribution < 1.29 is 14.3 Å². The van der Waals surface area contributed by atoms with Crippen LogP contribution >= 0.6 is 11.6 Å². The van der Waals surface area contributed by atoms with Crippen molar-refractivity contribution in [1.82, 2.24) is 4.98 Å². The molecule has 1 atom stereocenters. The molecule has 0 spiro atoms. The van der Waals surface area contributed by atoms with Crippen molar-refractivity contribution in [3.63, 3.8) is 0 Å². The van der Waals surface area contributed by atoms with Crippen molar-refractivity contribution in [3.8, 4) is 11.5 Å². The van der Waals surface area contributed by atoms with E-state index in [2.05, 4.69) is 10.3 Å². The van der Waals surface area contributed by atoms with Crippen LogP contribution in [0.25, 0.3) is 0 Å². The van der Waals surface area contributed by atoms with E-state index in [1.807, 2.05) is 36.4 Å². The highest BCUT2D eigenvalue weighted by Crippen LogP contribution is 2.39. The first kappa shape index (κ1) is 18.1. The number of hydrogen-bond donors (Lipinski definition) is 1. The fraction of sp³-hybridized carbons (Fsp3) is 0.143. The molecular weight excluding hydrogens is 378 g/mol. The van der Waals surface area contributed by atoms with Crippen molar-refractivity contribution in [2.75, 3.05) is 24.4 Å². The van der Waals surface area contributed by atoms with Crippen molar-refractivity contribution >= 4 is 29.0 Å². The Kier molecular flexibility index (Phi) is 4.79. The van der Waals surface area contributed by atoms with Crippen LogP contribution < -0.4 is 19.7 Å². The summed E-state index contributed by atoms with van der Waals surface area (Å²) in [7, 11) is 3.19. The van der Waals surface area contributed by atoms with Gasteiger partial charge in [-0.15, -0.1) is 0 Å². The molecule has 3 aromatic rings. The molecule has 4 rings (SSSR count). The number of fused-ring (bicyclic) bond motifs is 1. The fourth-order valence-corrected chi connectivity index (χ4v) is 3.38. The molecule has 7 heteroatoms. The number of aromatic nitrogens is 1. The zero-order chi connectivity index (χ0) is 19.7. The highest BCUT2D eigenvalue weighted by Gasteiger charge is 2.38. The monoisotopic (exact) mass is 395 g/mol. The van der Waals surface area contributed by atoms with Crippen LogP contribution in [0.3, 0.4) is 0 Å². The number of methoxy groups -OCH3 is 2. The van der Waals surface area contributed by atoms with Crippen LogP contribution in [0, 0.1) is 0 Å². The van der Waals surface area contributed by atoms with Gasteiger partial charge >= 0.3 is 0 Å². The Hall–Kier alpha value is -3.25. The van der Waals surface area contributed by atoms with Crippen LogP contribution in [0.4, 0.5) is 11.5 Å². The lowest BCUT2D eigenvalue weighted by Gasteiger charge is -2.27. The van der Waals surface area contributed by atoms with E-state index in [0.717, 1.165) is 11.3 Å². The summed E-state index contributed by atoms with van der Waals surface area (Å²) in [5, 5.41) is 3.92. The van der Waals surface area contributed by atoms with Gasteiger partial charge in [-0.2, -0.15) is 0 Å². The number of hydrogen-bond acceptors (Lipinski definition) is 5. The van der Waals surface area contributed by atoms with E-state index < -0.39 is 6.17 Å². The molecule has 1 N–H and O–H groups in total. The maximum absolute atomic E-state index is 13.1. The lowest BCUT2D eigenvalue weighted by Crippen LogP contribution is -2.33. The lowest BCUT2D eigenvalue weighted by atomic mass is 10.1. The molecule has 0 saturated heterocycles. The molecule has 0 fully saturated rings. The lowest BCUT2D eigenvalue weighted by molar-refractivity contribution is 0.0992. The van der Waals surface area contributed by atoms with Crippen molar-refractivity contribution in [2.24, 2.45) is 0 Å². The molecule has 2 aromatic carbocycles. The van der Waals surface area contributed by atoms with Gasteiger partial charge < -0.3 is 14.8 Å². The van der Waals surface area contributed by atoms with E-state index in [0.29, 0.717) is 27.9 Å². The maximum atomic E-state index is 13.1. The van der Waals surface area contributed by atoms with E-state index in [4.69, 9.17) is 21.1 Å². The number of ether oxygens (including phenoxy) is 2. The summed E-state index contributed by atoms with van der Waals surface area (Å²) in [6, 6.07) is 16.4. The molecule has 1 aromatic heterocycles. The highest BCUT2D eigenvalue weighted by molar-refractivity contribution is 6.30. The quantitative estimate of drug-likeness (QED) is 0.688. The zero-order valence-electron chi connectivity index (χ0n) is 15.3. The summed E-state index contributed by atoms with van der Waals surface area (Å²) < 4.78 is 10.8. The predicted octanol–water partition coefficient (Wildman–Crippen LogP) is 4.52. The first-order chi connectivity index (χ1) is 13.6. The first-order valence-electron chi connectivity index (χ1n) is 8.65. The number of nitrogens with zero attached hydrogens (tertiary/aromatic N) is 2. The van der Waals surface area contributed by atoms with Crippen LogP contribution in [-0.4, -0.2) is 25.1 Å². The SMILES string of the molecule is COc1ccc(NC2c3ccccc3C(=O)N2c2ccc(Cl)cn2)c(OC)c1. The van der Waals surface area contributed by atoms with Gasteiger partial charge in [-0.1, -0.05) is 29.8 Å². The minimum absolute atomic E-state index is 0.129. The molecule has 1 aliphatic heterocycles. The van der Waals surface area contributed by atoms with Crippen molar-refractivity contribution in [3.05, 3.63) is 76.9 Å². The molecule has 0 radical (unpaired) electrons. The predicted molar refractivity (Wildman–Crippen MR) is 108 cm³/mol. The van der Waals surface area contributed by atoms with E-state index in [9.17, 15) is 4.79 Å². The zero-order valence-corrected chi connectivity index (χ0v) is 16.1. The number of anilines is 2. The Morgan fingerprint density at radius 3 is 2.61 bits per heavy atom. The van der Waals surface area contributed by atoms with Crippen LogP contribution in [0.2, 0.25) is 5.02 Å². The van der Waals surface area contributed by atoms with Gasteiger partial charge in [0.25, 0.3) is 5.91 Å². The van der Waals surface area contributed by atoms with Crippen molar-refractivity contribution in [2.45, 2.75) is 6.17 Å². The minimum Gasteiger partial charge on any atom is -0.497 e. The molecule has 1 unspecified atom stereocenters. The number of pyridine rings is 1. The molecule has 0 aliphatic carbocycles. The number of halogens is 1. The van der Waals surface area contributed by atoms with Gasteiger partial charge in [0.1, 0.15) is 23.5 Å². The van der Waals surface area contributed by atoms with Gasteiger partial charge in [0.15, 0.2) is 0 Å². The van der Waals surface area contributed by atoms with Gasteiger partial charge in [0.05, 0.1) is 24.9 Å². The Labute approximate surface area is 167 Å². The third kappa shape index (κ3) is 3.12. The second-order valence-electron chi connectivity index (χ2n) is 6.21. The van der Waals surface area contributed by atoms with E-state index in [1.165, 1.54) is 6.20 Å². The normalized spacial score (nSPS) is 15.3. The average molecular weight is 396 g/mol. The third-order valence-electron chi connectivity index (χ3n) is 4.62.